The van der Waals surface area contributed by atoms with E-state index in [4.69, 9.17) is 19.3 Å². The number of nitrogens with one attached hydrogen (secondary N) is 1. The standard InChI is InChI=1S/C20H13N3O2/c1-4-15-18-13(12-9-7-8-10-14(12)21-18)11-17-19(24)22(6-3)16(5-2)20(25)23(15)17/h1-3,7-10,15-17,21H,11H2. The number of piperazine rings is 1. The van der Waals surface area contributed by atoms with E-state index in [9.17, 15) is 9.59 Å². The van der Waals surface area contributed by atoms with Crippen LogP contribution in [0.15, 0.2) is 24.3 Å². The molecule has 0 saturated carbocycles. The number of aromatic amines is 1. The molecule has 3 heterocycles. The zero-order valence-corrected chi connectivity index (χ0v) is 13.2. The molecule has 25 heavy (non-hydrogen) atoms. The van der Waals surface area contributed by atoms with Gasteiger partial charge in [0.2, 0.25) is 0 Å². The molecule has 5 nitrogen and oxygen atoms in total. The number of para-hydroxylation sites is 1. The number of amides is 2. The van der Waals surface area contributed by atoms with Crippen LogP contribution in [-0.2, 0) is 16.0 Å². The van der Waals surface area contributed by atoms with Gasteiger partial charge in [-0.1, -0.05) is 36.5 Å². The average molecular weight is 327 g/mol. The Kier molecular flexibility index (Phi) is 3.11. The Balaban J connectivity index is 1.93. The topological polar surface area (TPSA) is 56.4 Å². The van der Waals surface area contributed by atoms with Crippen LogP contribution in [0.5, 0.6) is 0 Å². The van der Waals surface area contributed by atoms with E-state index in [1.165, 1.54) is 4.90 Å². The molecule has 0 radical (unpaired) electrons. The maximum absolute atomic E-state index is 12.9. The maximum atomic E-state index is 12.9. The third-order valence-electron chi connectivity index (χ3n) is 4.86. The lowest BCUT2D eigenvalue weighted by Gasteiger charge is -2.45. The summed E-state index contributed by atoms with van der Waals surface area (Å²) in [4.78, 5) is 31.4. The monoisotopic (exact) mass is 327 g/mol. The summed E-state index contributed by atoms with van der Waals surface area (Å²) in [7, 11) is 0. The molecule has 0 aliphatic carbocycles. The van der Waals surface area contributed by atoms with Gasteiger partial charge in [-0.15, -0.1) is 12.8 Å². The molecule has 5 heteroatoms. The minimum absolute atomic E-state index is 0.345. The Morgan fingerprint density at radius 2 is 1.76 bits per heavy atom. The molecule has 2 aliphatic rings. The van der Waals surface area contributed by atoms with Gasteiger partial charge in [0.25, 0.3) is 11.8 Å². The first-order valence-electron chi connectivity index (χ1n) is 7.75. The van der Waals surface area contributed by atoms with Crippen LogP contribution < -0.4 is 0 Å². The normalized spacial score (nSPS) is 24.9. The van der Waals surface area contributed by atoms with Gasteiger partial charge >= 0.3 is 0 Å². The number of terminal acetylenes is 3. The van der Waals surface area contributed by atoms with E-state index in [-0.39, 0.29) is 5.91 Å². The lowest BCUT2D eigenvalue weighted by atomic mass is 9.88. The number of carbonyl (C=O) groups excluding carboxylic acids is 2. The Morgan fingerprint density at radius 3 is 2.44 bits per heavy atom. The third-order valence-corrected chi connectivity index (χ3v) is 4.86. The molecule has 3 atom stereocenters. The van der Waals surface area contributed by atoms with Gasteiger partial charge < -0.3 is 9.88 Å². The smallest absolute Gasteiger partial charge is 0.260 e. The average Bonchev–Trinajstić information content (AvgIpc) is 3.01. The van der Waals surface area contributed by atoms with Gasteiger partial charge in [0.05, 0.1) is 5.69 Å². The molecule has 2 aliphatic heterocycles. The highest BCUT2D eigenvalue weighted by Gasteiger charge is 2.51. The van der Waals surface area contributed by atoms with E-state index in [0.29, 0.717) is 6.42 Å². The molecule has 1 aromatic heterocycles. The summed E-state index contributed by atoms with van der Waals surface area (Å²) in [6.07, 6.45) is 16.9. The second-order valence-corrected chi connectivity index (χ2v) is 6.00. The summed E-state index contributed by atoms with van der Waals surface area (Å²) in [6, 6.07) is 7.40. The van der Waals surface area contributed by atoms with Crippen LogP contribution in [0.1, 0.15) is 17.3 Å². The van der Waals surface area contributed by atoms with Gasteiger partial charge in [0, 0.05) is 23.4 Å². The van der Waals surface area contributed by atoms with E-state index < -0.39 is 24.0 Å². The van der Waals surface area contributed by atoms with Crippen molar-refractivity contribution in [2.24, 2.45) is 0 Å². The third kappa shape index (κ3) is 1.83. The summed E-state index contributed by atoms with van der Waals surface area (Å²) in [6.45, 7) is 0. The number of hydrogen-bond acceptors (Lipinski definition) is 2. The first-order valence-corrected chi connectivity index (χ1v) is 7.75. The van der Waals surface area contributed by atoms with Crippen molar-refractivity contribution in [1.82, 2.24) is 14.8 Å². The van der Waals surface area contributed by atoms with Gasteiger partial charge in [-0.2, -0.15) is 0 Å². The number of benzene rings is 1. The lowest BCUT2D eigenvalue weighted by molar-refractivity contribution is -0.158. The summed E-state index contributed by atoms with van der Waals surface area (Å²) in [5, 5.41) is 0.990. The maximum Gasteiger partial charge on any atom is 0.260 e. The molecule has 1 N–H and O–H groups in total. The lowest BCUT2D eigenvalue weighted by Crippen LogP contribution is -2.65. The van der Waals surface area contributed by atoms with Gasteiger partial charge in [-0.05, 0) is 11.6 Å². The summed E-state index contributed by atoms with van der Waals surface area (Å²) >= 11 is 0. The predicted molar refractivity (Wildman–Crippen MR) is 92.5 cm³/mol. The number of aromatic nitrogens is 1. The van der Waals surface area contributed by atoms with Crippen LogP contribution in [0.4, 0.5) is 0 Å². The van der Waals surface area contributed by atoms with Crippen molar-refractivity contribution in [3.63, 3.8) is 0 Å². The second kappa shape index (κ2) is 5.20. The molecule has 0 bridgehead atoms. The highest BCUT2D eigenvalue weighted by molar-refractivity contribution is 6.01. The van der Waals surface area contributed by atoms with Crippen LogP contribution in [0.2, 0.25) is 0 Å². The quantitative estimate of drug-likeness (QED) is 0.735. The zero-order valence-electron chi connectivity index (χ0n) is 13.2. The summed E-state index contributed by atoms with van der Waals surface area (Å²) < 4.78 is 0. The second-order valence-electron chi connectivity index (χ2n) is 6.00. The highest BCUT2D eigenvalue weighted by atomic mass is 16.2. The Bertz CT molecular complexity index is 1040. The molecule has 1 fully saturated rings. The van der Waals surface area contributed by atoms with Crippen LogP contribution in [0.25, 0.3) is 10.9 Å². The van der Waals surface area contributed by atoms with Crippen molar-refractivity contribution >= 4 is 22.7 Å². The molecule has 120 valence electrons. The first-order chi connectivity index (χ1) is 12.1. The van der Waals surface area contributed by atoms with Gasteiger partial charge in [-0.25, -0.2) is 4.90 Å². The molecule has 0 spiro atoms. The van der Waals surface area contributed by atoms with Gasteiger partial charge in [0.1, 0.15) is 12.1 Å². The Labute approximate surface area is 145 Å². The Hall–Kier alpha value is -3.62. The van der Waals surface area contributed by atoms with E-state index in [1.54, 1.807) is 0 Å². The van der Waals surface area contributed by atoms with Crippen molar-refractivity contribution in [2.75, 3.05) is 0 Å². The van der Waals surface area contributed by atoms with Crippen molar-refractivity contribution in [3.8, 4) is 37.2 Å². The first kappa shape index (κ1) is 14.9. The molecule has 1 saturated heterocycles. The Morgan fingerprint density at radius 1 is 1.04 bits per heavy atom. The minimum Gasteiger partial charge on any atom is -0.356 e. The molecule has 4 rings (SSSR count). The molecule has 1 aromatic carbocycles. The minimum atomic E-state index is -1.13. The van der Waals surface area contributed by atoms with Gasteiger partial charge in [-0.3, -0.25) is 9.59 Å². The van der Waals surface area contributed by atoms with Crippen molar-refractivity contribution in [3.05, 3.63) is 35.5 Å². The van der Waals surface area contributed by atoms with Crippen molar-refractivity contribution in [1.29, 1.82) is 0 Å². The van der Waals surface area contributed by atoms with Crippen LogP contribution in [-0.4, -0.2) is 38.7 Å². The number of fused-ring (bicyclic) bond motifs is 4. The fourth-order valence-electron chi connectivity index (χ4n) is 3.76. The zero-order chi connectivity index (χ0) is 17.7. The molecule has 3 unspecified atom stereocenters. The number of carbonyl (C=O) groups is 2. The van der Waals surface area contributed by atoms with Crippen molar-refractivity contribution < 1.29 is 9.59 Å². The van der Waals surface area contributed by atoms with Gasteiger partial charge in [0.15, 0.2) is 6.04 Å². The van der Waals surface area contributed by atoms with E-state index in [1.807, 2.05) is 24.3 Å². The molecule has 2 aromatic rings. The molecule has 2 amide bonds. The highest BCUT2D eigenvalue weighted by Crippen LogP contribution is 2.39. The largest absolute Gasteiger partial charge is 0.356 e. The van der Waals surface area contributed by atoms with E-state index in [0.717, 1.165) is 27.1 Å². The predicted octanol–water partition coefficient (Wildman–Crippen LogP) is 1.03. The number of H-pyrrole nitrogens is 1. The SMILES string of the molecule is C#CC1C(=O)N2C(Cc3c([nH]c4ccccc34)C2C#C)C(=O)N1C#C. The van der Waals surface area contributed by atoms with Crippen LogP contribution in [0, 0.1) is 37.2 Å². The summed E-state index contributed by atoms with van der Waals surface area (Å²) in [5.41, 5.74) is 2.61. The van der Waals surface area contributed by atoms with Crippen molar-refractivity contribution in [2.45, 2.75) is 24.5 Å². The van der Waals surface area contributed by atoms with Crippen LogP contribution >= 0.6 is 0 Å². The number of hydrogen-bond donors (Lipinski definition) is 1. The van der Waals surface area contributed by atoms with E-state index >= 15 is 0 Å². The number of rotatable bonds is 0. The van der Waals surface area contributed by atoms with E-state index in [2.05, 4.69) is 22.9 Å². The fourth-order valence-corrected chi connectivity index (χ4v) is 3.76. The number of nitrogens with zero attached hydrogens (tertiary/aromatic N) is 2. The molecular formula is C20H13N3O2. The molecular weight excluding hydrogens is 314 g/mol. The van der Waals surface area contributed by atoms with Crippen LogP contribution in [0.3, 0.4) is 0 Å². The summed E-state index contributed by atoms with van der Waals surface area (Å²) in [5.74, 6) is 4.14. The fraction of sp³-hybridized carbons (Fsp3) is 0.200.